The lowest BCUT2D eigenvalue weighted by molar-refractivity contribution is -0.122. The molecule has 1 atom stereocenters. The molecule has 0 spiro atoms. The Bertz CT molecular complexity index is 908. The largest absolute Gasteiger partial charge is 0.368 e. The molecule has 0 aliphatic heterocycles. The molecule has 0 bridgehead atoms. The zero-order valence-electron chi connectivity index (χ0n) is 15.7. The normalized spacial score (nSPS) is 13.2. The fraction of sp³-hybridized carbons (Fsp3) is 0.238. The van der Waals surface area contributed by atoms with E-state index in [2.05, 4.69) is 20.3 Å². The number of hydrogen-bond donors (Lipinski definition) is 2. The molecular formula is C21H23N5O. The maximum Gasteiger partial charge on any atom is 0.235 e. The molecule has 0 radical (unpaired) electrons. The Morgan fingerprint density at radius 3 is 2.15 bits per heavy atom. The van der Waals surface area contributed by atoms with Crippen molar-refractivity contribution in [2.45, 2.75) is 26.2 Å². The van der Waals surface area contributed by atoms with Crippen molar-refractivity contribution in [2.75, 3.05) is 11.1 Å². The van der Waals surface area contributed by atoms with Crippen molar-refractivity contribution in [3.05, 3.63) is 66.7 Å². The summed E-state index contributed by atoms with van der Waals surface area (Å²) < 4.78 is 0. The van der Waals surface area contributed by atoms with Crippen LogP contribution in [-0.2, 0) is 10.2 Å². The molecule has 0 aliphatic carbocycles. The number of carbonyl (C=O) groups is 1. The minimum atomic E-state index is -0.681. The maximum absolute atomic E-state index is 13.1. The molecule has 27 heavy (non-hydrogen) atoms. The standard InChI is InChI=1S/C21H23N5O/c1-14(2)21(3,19(27)26-18-8-10-23-11-9-18)17-6-4-15(5-7-17)16-12-24-20(22)25-13-16/h4-14H,1-3H3,(H2,22,24,25)(H,23,26,27). The Morgan fingerprint density at radius 2 is 1.59 bits per heavy atom. The Balaban J connectivity index is 1.89. The number of nitrogen functional groups attached to an aromatic ring is 1. The topological polar surface area (TPSA) is 93.8 Å². The predicted octanol–water partition coefficient (Wildman–Crippen LogP) is 3.67. The predicted molar refractivity (Wildman–Crippen MR) is 107 cm³/mol. The van der Waals surface area contributed by atoms with Crippen molar-refractivity contribution in [3.63, 3.8) is 0 Å². The van der Waals surface area contributed by atoms with Crippen LogP contribution in [-0.4, -0.2) is 20.9 Å². The average molecular weight is 361 g/mol. The van der Waals surface area contributed by atoms with Gasteiger partial charge in [0.1, 0.15) is 0 Å². The van der Waals surface area contributed by atoms with Crippen molar-refractivity contribution < 1.29 is 4.79 Å². The minimum Gasteiger partial charge on any atom is -0.368 e. The van der Waals surface area contributed by atoms with Crippen molar-refractivity contribution in [1.29, 1.82) is 0 Å². The first-order chi connectivity index (χ1) is 12.9. The minimum absolute atomic E-state index is 0.0488. The number of nitrogens with one attached hydrogen (secondary N) is 1. The number of pyridine rings is 1. The summed E-state index contributed by atoms with van der Waals surface area (Å²) in [6, 6.07) is 11.5. The summed E-state index contributed by atoms with van der Waals surface area (Å²) in [5.41, 5.74) is 8.40. The number of hydrogen-bond acceptors (Lipinski definition) is 5. The Kier molecular flexibility index (Phi) is 5.16. The zero-order chi connectivity index (χ0) is 19.4. The van der Waals surface area contributed by atoms with Gasteiger partial charge in [-0.25, -0.2) is 9.97 Å². The summed E-state index contributed by atoms with van der Waals surface area (Å²) in [6.07, 6.45) is 6.70. The summed E-state index contributed by atoms with van der Waals surface area (Å²) in [4.78, 5) is 25.1. The molecule has 2 heterocycles. The van der Waals surface area contributed by atoms with Gasteiger partial charge in [0.05, 0.1) is 5.41 Å². The summed E-state index contributed by atoms with van der Waals surface area (Å²) in [5, 5.41) is 3.00. The van der Waals surface area contributed by atoms with Crippen LogP contribution < -0.4 is 11.1 Å². The molecule has 0 saturated heterocycles. The van der Waals surface area contributed by atoms with E-state index in [9.17, 15) is 4.79 Å². The molecule has 138 valence electrons. The number of amides is 1. The van der Waals surface area contributed by atoms with Gasteiger partial charge in [0.2, 0.25) is 11.9 Å². The lowest BCUT2D eigenvalue weighted by Crippen LogP contribution is -2.42. The van der Waals surface area contributed by atoms with Crippen LogP contribution in [0.15, 0.2) is 61.2 Å². The van der Waals surface area contributed by atoms with Gasteiger partial charge in [0.15, 0.2) is 0 Å². The molecule has 1 aromatic carbocycles. The smallest absolute Gasteiger partial charge is 0.235 e. The van der Waals surface area contributed by atoms with Gasteiger partial charge in [-0.05, 0) is 36.1 Å². The quantitative estimate of drug-likeness (QED) is 0.723. The molecule has 3 rings (SSSR count). The Morgan fingerprint density at radius 1 is 1.00 bits per heavy atom. The molecule has 2 aromatic heterocycles. The van der Waals surface area contributed by atoms with Gasteiger partial charge in [-0.3, -0.25) is 9.78 Å². The Labute approximate surface area is 158 Å². The number of carbonyl (C=O) groups excluding carboxylic acids is 1. The third-order valence-electron chi connectivity index (χ3n) is 5.05. The number of nitrogens with two attached hydrogens (primary N) is 1. The molecule has 0 saturated carbocycles. The van der Waals surface area contributed by atoms with Gasteiger partial charge in [0, 0.05) is 36.0 Å². The number of nitrogens with zero attached hydrogens (tertiary/aromatic N) is 3. The van der Waals surface area contributed by atoms with Crippen LogP contribution in [0.4, 0.5) is 11.6 Å². The second-order valence-corrected chi connectivity index (χ2v) is 6.95. The third-order valence-corrected chi connectivity index (χ3v) is 5.05. The van der Waals surface area contributed by atoms with Crippen LogP contribution in [0.3, 0.4) is 0 Å². The second kappa shape index (κ2) is 7.53. The number of anilines is 2. The molecule has 0 fully saturated rings. The van der Waals surface area contributed by atoms with Gasteiger partial charge in [-0.2, -0.15) is 0 Å². The monoisotopic (exact) mass is 361 g/mol. The zero-order valence-corrected chi connectivity index (χ0v) is 15.7. The highest BCUT2D eigenvalue weighted by Crippen LogP contribution is 2.34. The highest BCUT2D eigenvalue weighted by Gasteiger charge is 2.38. The maximum atomic E-state index is 13.1. The second-order valence-electron chi connectivity index (χ2n) is 6.95. The van der Waals surface area contributed by atoms with E-state index >= 15 is 0 Å². The van der Waals surface area contributed by atoms with Gasteiger partial charge in [0.25, 0.3) is 0 Å². The first-order valence-corrected chi connectivity index (χ1v) is 8.81. The van der Waals surface area contributed by atoms with E-state index in [1.54, 1.807) is 36.9 Å². The first kappa shape index (κ1) is 18.5. The molecule has 1 amide bonds. The molecule has 0 aliphatic rings. The summed E-state index contributed by atoms with van der Waals surface area (Å²) in [5.74, 6) is 0.299. The van der Waals surface area contributed by atoms with Crippen LogP contribution in [0.5, 0.6) is 0 Å². The van der Waals surface area contributed by atoms with Crippen molar-refractivity contribution in [3.8, 4) is 11.1 Å². The van der Waals surface area contributed by atoms with Gasteiger partial charge < -0.3 is 11.1 Å². The highest BCUT2D eigenvalue weighted by molar-refractivity contribution is 5.99. The molecular weight excluding hydrogens is 338 g/mol. The fourth-order valence-corrected chi connectivity index (χ4v) is 2.92. The van der Waals surface area contributed by atoms with E-state index in [0.717, 1.165) is 22.4 Å². The Hall–Kier alpha value is -3.28. The van der Waals surface area contributed by atoms with Crippen molar-refractivity contribution in [1.82, 2.24) is 15.0 Å². The number of aromatic nitrogens is 3. The van der Waals surface area contributed by atoms with E-state index in [4.69, 9.17) is 5.73 Å². The van der Waals surface area contributed by atoms with E-state index in [-0.39, 0.29) is 17.8 Å². The lowest BCUT2D eigenvalue weighted by Gasteiger charge is -2.33. The average Bonchev–Trinajstić information content (AvgIpc) is 2.68. The first-order valence-electron chi connectivity index (χ1n) is 8.81. The molecule has 6 nitrogen and oxygen atoms in total. The highest BCUT2D eigenvalue weighted by atomic mass is 16.2. The van der Waals surface area contributed by atoms with Gasteiger partial charge in [-0.15, -0.1) is 0 Å². The van der Waals surface area contributed by atoms with Crippen LogP contribution >= 0.6 is 0 Å². The molecule has 6 heteroatoms. The van der Waals surface area contributed by atoms with Gasteiger partial charge >= 0.3 is 0 Å². The van der Waals surface area contributed by atoms with E-state index in [0.29, 0.717) is 0 Å². The van der Waals surface area contributed by atoms with E-state index in [1.165, 1.54) is 0 Å². The summed E-state index contributed by atoms with van der Waals surface area (Å²) >= 11 is 0. The lowest BCUT2D eigenvalue weighted by atomic mass is 9.72. The van der Waals surface area contributed by atoms with Crippen molar-refractivity contribution in [2.24, 2.45) is 5.92 Å². The molecule has 1 unspecified atom stereocenters. The fourth-order valence-electron chi connectivity index (χ4n) is 2.92. The van der Waals surface area contributed by atoms with Crippen LogP contribution in [0.2, 0.25) is 0 Å². The van der Waals surface area contributed by atoms with E-state index < -0.39 is 5.41 Å². The summed E-state index contributed by atoms with van der Waals surface area (Å²) in [6.45, 7) is 6.07. The number of rotatable bonds is 5. The third kappa shape index (κ3) is 3.79. The van der Waals surface area contributed by atoms with Crippen LogP contribution in [0.25, 0.3) is 11.1 Å². The number of benzene rings is 1. The molecule has 3 aromatic rings. The van der Waals surface area contributed by atoms with E-state index in [1.807, 2.05) is 45.0 Å². The molecule has 3 N–H and O–H groups in total. The van der Waals surface area contributed by atoms with Crippen LogP contribution in [0, 0.1) is 5.92 Å². The van der Waals surface area contributed by atoms with Crippen molar-refractivity contribution >= 4 is 17.5 Å². The van der Waals surface area contributed by atoms with Gasteiger partial charge in [-0.1, -0.05) is 38.1 Å². The summed E-state index contributed by atoms with van der Waals surface area (Å²) in [7, 11) is 0. The van der Waals surface area contributed by atoms with Crippen LogP contribution in [0.1, 0.15) is 26.3 Å². The SMILES string of the molecule is CC(C)C(C)(C(=O)Nc1ccncc1)c1ccc(-c2cnc(N)nc2)cc1.